The number of primary amides is 1. The van der Waals surface area contributed by atoms with Crippen LogP contribution < -0.4 is 11.1 Å². The Bertz CT molecular complexity index is 584. The smallest absolute Gasteiger partial charge is 0.237 e. The highest BCUT2D eigenvalue weighted by Gasteiger charge is 2.35. The van der Waals surface area contributed by atoms with Crippen LogP contribution in [0.25, 0.3) is 0 Å². The third-order valence-electron chi connectivity index (χ3n) is 5.43. The van der Waals surface area contributed by atoms with Gasteiger partial charge in [0.1, 0.15) is 0 Å². The Labute approximate surface area is 155 Å². The summed E-state index contributed by atoms with van der Waals surface area (Å²) in [6.45, 7) is 1.94. The molecule has 25 heavy (non-hydrogen) atoms. The van der Waals surface area contributed by atoms with E-state index in [9.17, 15) is 9.59 Å². The second kappa shape index (κ2) is 8.68. The molecule has 0 radical (unpaired) electrons. The lowest BCUT2D eigenvalue weighted by atomic mass is 9.89. The molecule has 3 atom stereocenters. The fourth-order valence-corrected chi connectivity index (χ4v) is 4.23. The monoisotopic (exact) mass is 365 g/mol. The summed E-state index contributed by atoms with van der Waals surface area (Å²) in [5, 5.41) is 3.60. The van der Waals surface area contributed by atoms with E-state index in [1.54, 1.807) is 4.90 Å². The number of nitrogens with zero attached hydrogens (tertiary/aromatic N) is 1. The number of carbonyl (C=O) groups excluding carboxylic acids is 2. The first-order valence-corrected chi connectivity index (χ1v) is 8.91. The maximum absolute atomic E-state index is 12.9. The summed E-state index contributed by atoms with van der Waals surface area (Å²) in [7, 11) is 0. The lowest BCUT2D eigenvalue weighted by Crippen LogP contribution is -2.43. The molecule has 5 nitrogen and oxygen atoms in total. The molecule has 1 aromatic carbocycles. The second-order valence-electron chi connectivity index (χ2n) is 7.25. The molecule has 0 saturated carbocycles. The van der Waals surface area contributed by atoms with E-state index in [2.05, 4.69) is 5.32 Å². The van der Waals surface area contributed by atoms with Crippen LogP contribution in [0.4, 0.5) is 0 Å². The van der Waals surface area contributed by atoms with E-state index < -0.39 is 5.91 Å². The number of piperidine rings is 1. The minimum atomic E-state index is -0.462. The third kappa shape index (κ3) is 4.95. The molecule has 2 amide bonds. The number of amides is 2. The van der Waals surface area contributed by atoms with Crippen LogP contribution in [0, 0.1) is 5.92 Å². The zero-order valence-corrected chi connectivity index (χ0v) is 15.5. The fourth-order valence-electron chi connectivity index (χ4n) is 4.23. The minimum Gasteiger partial charge on any atom is -0.368 e. The second-order valence-corrected chi connectivity index (χ2v) is 7.25. The summed E-state index contributed by atoms with van der Waals surface area (Å²) in [5.41, 5.74) is 6.42. The van der Waals surface area contributed by atoms with Crippen molar-refractivity contribution in [2.45, 2.75) is 57.2 Å². The highest BCUT2D eigenvalue weighted by atomic mass is 35.5. The molecule has 3 rings (SSSR count). The first-order chi connectivity index (χ1) is 11.5. The van der Waals surface area contributed by atoms with Gasteiger partial charge < -0.3 is 16.0 Å². The van der Waals surface area contributed by atoms with E-state index in [4.69, 9.17) is 5.73 Å². The molecule has 0 spiro atoms. The number of benzene rings is 1. The number of nitrogens with two attached hydrogens (primary N) is 1. The van der Waals surface area contributed by atoms with Gasteiger partial charge in [-0.15, -0.1) is 12.4 Å². The number of nitrogens with one attached hydrogen (secondary N) is 1. The highest BCUT2D eigenvalue weighted by Crippen LogP contribution is 2.33. The van der Waals surface area contributed by atoms with E-state index in [1.807, 2.05) is 37.3 Å². The van der Waals surface area contributed by atoms with E-state index in [1.165, 1.54) is 12.8 Å². The number of rotatable bonds is 6. The number of hydrogen-bond acceptors (Lipinski definition) is 3. The molecular weight excluding hydrogens is 338 g/mol. The molecular formula is C19H28ClN3O2. The van der Waals surface area contributed by atoms with Gasteiger partial charge in [-0.1, -0.05) is 30.3 Å². The van der Waals surface area contributed by atoms with Crippen molar-refractivity contribution in [2.75, 3.05) is 6.54 Å². The number of carbonyl (C=O) groups is 2. The van der Waals surface area contributed by atoms with Crippen LogP contribution >= 0.6 is 12.4 Å². The zero-order chi connectivity index (χ0) is 17.1. The molecule has 0 aliphatic carbocycles. The molecule has 138 valence electrons. The van der Waals surface area contributed by atoms with Crippen molar-refractivity contribution >= 4 is 24.2 Å². The largest absolute Gasteiger partial charge is 0.368 e. The maximum atomic E-state index is 12.9. The summed E-state index contributed by atoms with van der Waals surface area (Å²) < 4.78 is 0. The molecule has 2 heterocycles. The quantitative estimate of drug-likeness (QED) is 0.812. The van der Waals surface area contributed by atoms with Crippen LogP contribution in [0.5, 0.6) is 0 Å². The summed E-state index contributed by atoms with van der Waals surface area (Å²) >= 11 is 0. The van der Waals surface area contributed by atoms with Gasteiger partial charge >= 0.3 is 0 Å². The van der Waals surface area contributed by atoms with Crippen LogP contribution in [0.15, 0.2) is 30.3 Å². The zero-order valence-electron chi connectivity index (χ0n) is 14.7. The Morgan fingerprint density at radius 2 is 1.80 bits per heavy atom. The molecule has 3 N–H and O–H groups in total. The highest BCUT2D eigenvalue weighted by molar-refractivity contribution is 5.85. The number of fused-ring (bicyclic) bond motifs is 2. The molecule has 2 fully saturated rings. The van der Waals surface area contributed by atoms with Gasteiger partial charge in [-0.05, 0) is 44.1 Å². The predicted molar refractivity (Wildman–Crippen MR) is 100 cm³/mol. The van der Waals surface area contributed by atoms with Crippen molar-refractivity contribution in [3.63, 3.8) is 0 Å². The number of hydrogen-bond donors (Lipinski definition) is 2. The van der Waals surface area contributed by atoms with Crippen LogP contribution in [0.3, 0.4) is 0 Å². The molecule has 6 heteroatoms. The average molecular weight is 366 g/mol. The van der Waals surface area contributed by atoms with Crippen LogP contribution in [-0.2, 0) is 9.59 Å². The standard InChI is InChI=1S/C19H27N3O2.ClH/c1-13(15-5-3-2-4-6-15)22(12-18(20)23)19(24)11-14-9-16-7-8-17(10-14)21-16;/h2-6,13-14,16-17,21H,7-12H2,1H3,(H2,20,23);1H/t13-,14?,16?,17?;/m1./s1. The molecule has 2 bridgehead atoms. The minimum absolute atomic E-state index is 0. The first kappa shape index (κ1) is 19.7. The Morgan fingerprint density at radius 3 is 2.36 bits per heavy atom. The predicted octanol–water partition coefficient (Wildman–Crippen LogP) is 2.40. The van der Waals surface area contributed by atoms with Gasteiger partial charge in [0.2, 0.25) is 11.8 Å². The lowest BCUT2D eigenvalue weighted by Gasteiger charge is -2.33. The summed E-state index contributed by atoms with van der Waals surface area (Å²) in [5.74, 6) is -0.0115. The van der Waals surface area contributed by atoms with Gasteiger partial charge in [0.25, 0.3) is 0 Å². The van der Waals surface area contributed by atoms with Crippen molar-refractivity contribution in [3.05, 3.63) is 35.9 Å². The summed E-state index contributed by atoms with van der Waals surface area (Å²) in [6.07, 6.45) is 5.08. The fraction of sp³-hybridized carbons (Fsp3) is 0.579. The molecule has 0 aromatic heterocycles. The Hall–Kier alpha value is -1.59. The van der Waals surface area contributed by atoms with Gasteiger partial charge in [0.15, 0.2) is 0 Å². The SMILES string of the molecule is C[C@H](c1ccccc1)N(CC(N)=O)C(=O)CC1CC2CCC(C1)N2.Cl. The Kier molecular flexibility index (Phi) is 6.85. The van der Waals surface area contributed by atoms with Gasteiger partial charge in [0, 0.05) is 18.5 Å². The summed E-state index contributed by atoms with van der Waals surface area (Å²) in [6, 6.07) is 10.8. The van der Waals surface area contributed by atoms with Gasteiger partial charge in [0.05, 0.1) is 12.6 Å². The maximum Gasteiger partial charge on any atom is 0.237 e. The Morgan fingerprint density at radius 1 is 1.20 bits per heavy atom. The molecule has 2 saturated heterocycles. The lowest BCUT2D eigenvalue weighted by molar-refractivity contribution is -0.138. The normalized spacial score (nSPS) is 25.7. The van der Waals surface area contributed by atoms with E-state index in [0.717, 1.165) is 18.4 Å². The average Bonchev–Trinajstić information content (AvgIpc) is 2.91. The molecule has 1 aromatic rings. The van der Waals surface area contributed by atoms with Gasteiger partial charge in [-0.25, -0.2) is 0 Å². The van der Waals surface area contributed by atoms with Crippen molar-refractivity contribution in [1.29, 1.82) is 0 Å². The van der Waals surface area contributed by atoms with Gasteiger partial charge in [-0.3, -0.25) is 9.59 Å². The van der Waals surface area contributed by atoms with Crippen molar-refractivity contribution in [1.82, 2.24) is 10.2 Å². The summed E-state index contributed by atoms with van der Waals surface area (Å²) in [4.78, 5) is 26.0. The first-order valence-electron chi connectivity index (χ1n) is 8.91. The van der Waals surface area contributed by atoms with Crippen LogP contribution in [-0.4, -0.2) is 35.3 Å². The van der Waals surface area contributed by atoms with E-state index in [-0.39, 0.29) is 30.9 Å². The number of halogens is 1. The molecule has 2 aliphatic heterocycles. The molecule has 2 aliphatic rings. The van der Waals surface area contributed by atoms with Crippen molar-refractivity contribution in [2.24, 2.45) is 11.7 Å². The van der Waals surface area contributed by atoms with Crippen molar-refractivity contribution < 1.29 is 9.59 Å². The topological polar surface area (TPSA) is 75.4 Å². The van der Waals surface area contributed by atoms with Crippen LogP contribution in [0.2, 0.25) is 0 Å². The molecule has 2 unspecified atom stereocenters. The Balaban J connectivity index is 0.00000225. The van der Waals surface area contributed by atoms with E-state index in [0.29, 0.717) is 24.4 Å². The van der Waals surface area contributed by atoms with Gasteiger partial charge in [-0.2, -0.15) is 0 Å². The van der Waals surface area contributed by atoms with Crippen molar-refractivity contribution in [3.8, 4) is 0 Å². The van der Waals surface area contributed by atoms with Crippen LogP contribution in [0.1, 0.15) is 50.6 Å². The third-order valence-corrected chi connectivity index (χ3v) is 5.43. The van der Waals surface area contributed by atoms with E-state index >= 15 is 0 Å².